The zero-order chi connectivity index (χ0) is 12.2. The van der Waals surface area contributed by atoms with Crippen molar-refractivity contribution < 1.29 is 4.84 Å². The fourth-order valence-corrected chi connectivity index (χ4v) is 4.29. The van der Waals surface area contributed by atoms with E-state index in [1.807, 2.05) is 42.3 Å². The van der Waals surface area contributed by atoms with Gasteiger partial charge in [-0.05, 0) is 49.2 Å². The summed E-state index contributed by atoms with van der Waals surface area (Å²) in [6, 6.07) is 0. The molecule has 0 spiro atoms. The van der Waals surface area contributed by atoms with Crippen molar-refractivity contribution in [2.45, 2.75) is 13.2 Å². The third-order valence-electron chi connectivity index (χ3n) is 1.93. The molecule has 0 amide bonds. The average molecular weight is 237 g/mol. The van der Waals surface area contributed by atoms with E-state index < -0.39 is 7.51 Å². The molecule has 0 rings (SSSR count). The maximum atomic E-state index is 5.55. The summed E-state index contributed by atoms with van der Waals surface area (Å²) < 4.78 is 6.19. The highest BCUT2D eigenvalue weighted by Gasteiger charge is 2.29. The Morgan fingerprint density at radius 2 is 1.33 bits per heavy atom. The summed E-state index contributed by atoms with van der Waals surface area (Å²) in [4.78, 5) is 9.54. The van der Waals surface area contributed by atoms with Crippen LogP contribution in [-0.2, 0) is 4.84 Å². The Balaban J connectivity index is 5.23. The normalized spacial score (nSPS) is 15.1. The Morgan fingerprint density at radius 3 is 1.53 bits per heavy atom. The molecule has 2 N–H and O–H groups in total. The Kier molecular flexibility index (Phi) is 5.95. The first-order valence-electron chi connectivity index (χ1n) is 4.81. The molecule has 0 saturated heterocycles. The van der Waals surface area contributed by atoms with E-state index in [0.29, 0.717) is 0 Å². The lowest BCUT2D eigenvalue weighted by molar-refractivity contribution is 0.0763. The van der Waals surface area contributed by atoms with Crippen molar-refractivity contribution in [1.29, 1.82) is 0 Å². The first-order valence-corrected chi connectivity index (χ1v) is 6.41. The van der Waals surface area contributed by atoms with Crippen molar-refractivity contribution >= 4 is 7.51 Å². The standard InChI is InChI=1S/C8H24N5OP/c1-8(9)14-10-15(11(2)3,12(4)5)13(6)7/h8H,9H2,1-7H3. The van der Waals surface area contributed by atoms with Crippen LogP contribution in [0.4, 0.5) is 0 Å². The number of nitrogens with zero attached hydrogens (tertiary/aromatic N) is 4. The second-order valence-electron chi connectivity index (χ2n) is 3.97. The fourth-order valence-electron chi connectivity index (χ4n) is 1.43. The molecule has 0 saturated carbocycles. The number of rotatable bonds is 5. The summed E-state index contributed by atoms with van der Waals surface area (Å²) in [7, 11) is 9.98. The van der Waals surface area contributed by atoms with Crippen molar-refractivity contribution in [1.82, 2.24) is 14.0 Å². The van der Waals surface area contributed by atoms with E-state index in [2.05, 4.69) is 18.9 Å². The molecule has 0 aromatic heterocycles. The second kappa shape index (κ2) is 5.94. The monoisotopic (exact) mass is 237 g/mol. The second-order valence-corrected chi connectivity index (χ2v) is 7.61. The van der Waals surface area contributed by atoms with Gasteiger partial charge >= 0.3 is 0 Å². The van der Waals surface area contributed by atoms with Gasteiger partial charge in [0.05, 0.1) is 0 Å². The molecule has 0 aliphatic rings. The molecule has 0 aromatic carbocycles. The Labute approximate surface area is 93.1 Å². The number of nitrogens with two attached hydrogens (primary N) is 1. The van der Waals surface area contributed by atoms with E-state index in [1.54, 1.807) is 6.92 Å². The lowest BCUT2D eigenvalue weighted by Crippen LogP contribution is -2.31. The molecular weight excluding hydrogens is 213 g/mol. The van der Waals surface area contributed by atoms with Gasteiger partial charge in [0.25, 0.3) is 0 Å². The van der Waals surface area contributed by atoms with Crippen molar-refractivity contribution in [2.75, 3.05) is 42.3 Å². The van der Waals surface area contributed by atoms with Crippen LogP contribution in [-0.4, -0.2) is 62.5 Å². The molecule has 1 atom stereocenters. The van der Waals surface area contributed by atoms with Crippen molar-refractivity contribution in [3.05, 3.63) is 0 Å². The van der Waals surface area contributed by atoms with Gasteiger partial charge in [0.15, 0.2) is 7.51 Å². The average Bonchev–Trinajstić information content (AvgIpc) is 2.02. The van der Waals surface area contributed by atoms with E-state index in [1.165, 1.54) is 0 Å². The predicted molar refractivity (Wildman–Crippen MR) is 65.1 cm³/mol. The smallest absolute Gasteiger partial charge is 0.197 e. The molecule has 0 aliphatic heterocycles. The van der Waals surface area contributed by atoms with E-state index >= 15 is 0 Å². The van der Waals surface area contributed by atoms with Crippen LogP contribution in [0.25, 0.3) is 0 Å². The minimum atomic E-state index is -1.94. The lowest BCUT2D eigenvalue weighted by atomic mass is 10.7. The third-order valence-corrected chi connectivity index (χ3v) is 5.47. The summed E-state index contributed by atoms with van der Waals surface area (Å²) in [6.07, 6.45) is -0.385. The number of hydrogen-bond donors (Lipinski definition) is 1. The summed E-state index contributed by atoms with van der Waals surface area (Å²) in [5.41, 5.74) is 5.55. The highest BCUT2D eigenvalue weighted by Crippen LogP contribution is 2.54. The van der Waals surface area contributed by atoms with E-state index in [9.17, 15) is 0 Å². The van der Waals surface area contributed by atoms with Gasteiger partial charge in [-0.2, -0.15) is 0 Å². The summed E-state index contributed by atoms with van der Waals surface area (Å²) in [5, 5.41) is 0. The molecule has 15 heavy (non-hydrogen) atoms. The van der Waals surface area contributed by atoms with Crippen LogP contribution < -0.4 is 5.73 Å². The predicted octanol–water partition coefficient (Wildman–Crippen LogP) is 0.854. The fraction of sp³-hybridized carbons (Fsp3) is 1.00. The molecule has 0 heterocycles. The molecule has 0 bridgehead atoms. The SMILES string of the molecule is CC(N)ON=P(N(C)C)(N(C)C)N(C)C. The Hall–Kier alpha value is 0.0300. The molecule has 92 valence electrons. The van der Waals surface area contributed by atoms with Gasteiger partial charge in [-0.1, -0.05) is 0 Å². The zero-order valence-electron chi connectivity index (χ0n) is 10.8. The molecule has 0 radical (unpaired) electrons. The molecule has 7 heteroatoms. The quantitative estimate of drug-likeness (QED) is 0.436. The van der Waals surface area contributed by atoms with E-state index in [4.69, 9.17) is 10.6 Å². The van der Waals surface area contributed by atoms with Crippen LogP contribution in [0.2, 0.25) is 0 Å². The molecular formula is C8H24N5OP. The van der Waals surface area contributed by atoms with Crippen LogP contribution >= 0.6 is 7.51 Å². The van der Waals surface area contributed by atoms with Crippen LogP contribution in [0, 0.1) is 0 Å². The largest absolute Gasteiger partial charge is 0.304 e. The highest BCUT2D eigenvalue weighted by molar-refractivity contribution is 7.58. The Bertz CT molecular complexity index is 211. The van der Waals surface area contributed by atoms with Crippen LogP contribution in [0.15, 0.2) is 4.91 Å². The lowest BCUT2D eigenvalue weighted by Gasteiger charge is -2.40. The third kappa shape index (κ3) is 3.52. The van der Waals surface area contributed by atoms with E-state index in [-0.39, 0.29) is 6.23 Å². The molecule has 0 aromatic rings. The van der Waals surface area contributed by atoms with Crippen molar-refractivity contribution in [3.63, 3.8) is 0 Å². The summed E-state index contributed by atoms with van der Waals surface area (Å²) >= 11 is 0. The first kappa shape index (κ1) is 15.0. The van der Waals surface area contributed by atoms with Crippen LogP contribution in [0.1, 0.15) is 6.92 Å². The van der Waals surface area contributed by atoms with Crippen LogP contribution in [0.5, 0.6) is 0 Å². The summed E-state index contributed by atoms with van der Waals surface area (Å²) in [6.45, 7) is 1.76. The maximum absolute atomic E-state index is 5.55. The van der Waals surface area contributed by atoms with Crippen LogP contribution in [0.3, 0.4) is 0 Å². The molecule has 0 aliphatic carbocycles. The number of hydrogen-bond acceptors (Lipinski definition) is 3. The Morgan fingerprint density at radius 1 is 1.00 bits per heavy atom. The maximum Gasteiger partial charge on any atom is 0.197 e. The molecule has 6 nitrogen and oxygen atoms in total. The topological polar surface area (TPSA) is 57.3 Å². The van der Waals surface area contributed by atoms with Gasteiger partial charge < -0.3 is 5.73 Å². The van der Waals surface area contributed by atoms with Gasteiger partial charge in [0.1, 0.15) is 6.23 Å². The first-order chi connectivity index (χ1) is 6.75. The highest BCUT2D eigenvalue weighted by atomic mass is 31.2. The zero-order valence-corrected chi connectivity index (χ0v) is 11.7. The van der Waals surface area contributed by atoms with E-state index in [0.717, 1.165) is 0 Å². The van der Waals surface area contributed by atoms with Gasteiger partial charge in [-0.25, -0.2) is 4.84 Å². The van der Waals surface area contributed by atoms with Gasteiger partial charge in [0, 0.05) is 0 Å². The van der Waals surface area contributed by atoms with Gasteiger partial charge in [-0.3, -0.25) is 14.0 Å². The molecule has 1 unspecified atom stereocenters. The minimum Gasteiger partial charge on any atom is -0.304 e. The summed E-state index contributed by atoms with van der Waals surface area (Å²) in [5.74, 6) is 0. The minimum absolute atomic E-state index is 0.385. The van der Waals surface area contributed by atoms with Gasteiger partial charge in [0.2, 0.25) is 0 Å². The van der Waals surface area contributed by atoms with Crippen molar-refractivity contribution in [3.8, 4) is 0 Å². The van der Waals surface area contributed by atoms with Crippen molar-refractivity contribution in [2.24, 2.45) is 10.6 Å². The molecule has 0 fully saturated rings. The van der Waals surface area contributed by atoms with Gasteiger partial charge in [-0.15, -0.1) is 4.91 Å².